The summed E-state index contributed by atoms with van der Waals surface area (Å²) in [5.41, 5.74) is 0. The van der Waals surface area contributed by atoms with Gasteiger partial charge in [0.05, 0.1) is 0 Å². The molecule has 2 nitrogen and oxygen atoms in total. The van der Waals surface area contributed by atoms with Crippen molar-refractivity contribution in [2.45, 2.75) is 51.0 Å². The molecule has 92 valence electrons. The number of fused-ring (bicyclic) bond motifs is 1. The number of hydrogen-bond donors (Lipinski definition) is 1. The summed E-state index contributed by atoms with van der Waals surface area (Å²) in [6.07, 6.45) is 10.4. The summed E-state index contributed by atoms with van der Waals surface area (Å²) < 4.78 is 0. The van der Waals surface area contributed by atoms with Crippen LogP contribution in [0.5, 0.6) is 0 Å². The third kappa shape index (κ3) is 2.28. The van der Waals surface area contributed by atoms with E-state index in [1.54, 1.807) is 0 Å². The second-order valence-electron chi connectivity index (χ2n) is 6.08. The lowest BCUT2D eigenvalue weighted by Gasteiger charge is -2.32. The number of hydrogen-bond acceptors (Lipinski definition) is 2. The number of likely N-dealkylation sites (tertiary alicyclic amines) is 1. The van der Waals surface area contributed by atoms with Crippen molar-refractivity contribution < 1.29 is 0 Å². The molecule has 16 heavy (non-hydrogen) atoms. The average Bonchev–Trinajstić information content (AvgIpc) is 2.96. The van der Waals surface area contributed by atoms with E-state index in [1.807, 2.05) is 0 Å². The first kappa shape index (κ1) is 11.0. The Kier molecular flexibility index (Phi) is 3.49. The molecule has 0 amide bonds. The highest BCUT2D eigenvalue weighted by Gasteiger charge is 2.35. The standard InChI is InChI=1S/C14H26N2/c1-2-4-14-13(3-1)7-10-16(14)9-6-12-5-8-15-11-12/h12-15H,1-11H2. The Bertz CT molecular complexity index is 223. The Labute approximate surface area is 99.8 Å². The minimum Gasteiger partial charge on any atom is -0.316 e. The fraction of sp³-hybridized carbons (Fsp3) is 1.00. The van der Waals surface area contributed by atoms with Crippen molar-refractivity contribution in [1.29, 1.82) is 0 Å². The highest BCUT2D eigenvalue weighted by atomic mass is 15.2. The van der Waals surface area contributed by atoms with Crippen molar-refractivity contribution in [3.63, 3.8) is 0 Å². The molecular weight excluding hydrogens is 196 g/mol. The molecule has 3 aliphatic rings. The van der Waals surface area contributed by atoms with Gasteiger partial charge in [0.2, 0.25) is 0 Å². The molecule has 0 bridgehead atoms. The number of nitrogens with one attached hydrogen (secondary N) is 1. The maximum absolute atomic E-state index is 3.49. The van der Waals surface area contributed by atoms with Gasteiger partial charge in [-0.25, -0.2) is 0 Å². The molecule has 2 saturated heterocycles. The van der Waals surface area contributed by atoms with Crippen LogP contribution in [0.1, 0.15) is 44.9 Å². The van der Waals surface area contributed by atoms with Crippen LogP contribution in [-0.4, -0.2) is 37.1 Å². The molecule has 3 fully saturated rings. The summed E-state index contributed by atoms with van der Waals surface area (Å²) in [6, 6.07) is 0.975. The van der Waals surface area contributed by atoms with E-state index in [1.165, 1.54) is 71.1 Å². The zero-order valence-corrected chi connectivity index (χ0v) is 10.5. The van der Waals surface area contributed by atoms with Gasteiger partial charge in [0.25, 0.3) is 0 Å². The minimum absolute atomic E-state index is 0.975. The molecule has 3 rings (SSSR count). The third-order valence-electron chi connectivity index (χ3n) is 5.11. The van der Waals surface area contributed by atoms with Gasteiger partial charge in [0.1, 0.15) is 0 Å². The van der Waals surface area contributed by atoms with Gasteiger partial charge >= 0.3 is 0 Å². The van der Waals surface area contributed by atoms with Gasteiger partial charge in [-0.15, -0.1) is 0 Å². The van der Waals surface area contributed by atoms with Crippen molar-refractivity contribution in [2.24, 2.45) is 11.8 Å². The normalized spacial score (nSPS) is 40.1. The molecule has 1 saturated carbocycles. The average molecular weight is 222 g/mol. The molecule has 2 heterocycles. The maximum atomic E-state index is 3.49. The highest BCUT2D eigenvalue weighted by molar-refractivity contribution is 4.90. The summed E-state index contributed by atoms with van der Waals surface area (Å²) >= 11 is 0. The SMILES string of the molecule is C1CCC2C(C1)CCN2CCC1CCNC1. The Morgan fingerprint density at radius 2 is 2.00 bits per heavy atom. The van der Waals surface area contributed by atoms with E-state index >= 15 is 0 Å². The quantitative estimate of drug-likeness (QED) is 0.788. The largest absolute Gasteiger partial charge is 0.316 e. The topological polar surface area (TPSA) is 15.3 Å². The third-order valence-corrected chi connectivity index (χ3v) is 5.11. The highest BCUT2D eigenvalue weighted by Crippen LogP contribution is 2.36. The van der Waals surface area contributed by atoms with E-state index in [9.17, 15) is 0 Å². The monoisotopic (exact) mass is 222 g/mol. The van der Waals surface area contributed by atoms with Crippen LogP contribution in [0, 0.1) is 11.8 Å². The fourth-order valence-electron chi connectivity index (χ4n) is 4.09. The first-order chi connectivity index (χ1) is 7.93. The molecule has 0 aromatic heterocycles. The number of rotatable bonds is 3. The molecule has 1 N–H and O–H groups in total. The van der Waals surface area contributed by atoms with Gasteiger partial charge in [-0.05, 0) is 70.1 Å². The zero-order valence-electron chi connectivity index (χ0n) is 10.5. The Balaban J connectivity index is 1.47. The maximum Gasteiger partial charge on any atom is 0.0124 e. The molecule has 2 aliphatic heterocycles. The van der Waals surface area contributed by atoms with Crippen molar-refractivity contribution in [3.05, 3.63) is 0 Å². The first-order valence-electron chi connectivity index (χ1n) is 7.38. The minimum atomic E-state index is 0.975. The van der Waals surface area contributed by atoms with Gasteiger partial charge < -0.3 is 10.2 Å². The van der Waals surface area contributed by atoms with Gasteiger partial charge in [0, 0.05) is 6.04 Å². The van der Waals surface area contributed by atoms with Gasteiger partial charge in [-0.2, -0.15) is 0 Å². The Hall–Kier alpha value is -0.0800. The lowest BCUT2D eigenvalue weighted by atomic mass is 9.85. The van der Waals surface area contributed by atoms with E-state index < -0.39 is 0 Å². The summed E-state index contributed by atoms with van der Waals surface area (Å²) in [6.45, 7) is 5.32. The van der Waals surface area contributed by atoms with Crippen molar-refractivity contribution >= 4 is 0 Å². The summed E-state index contributed by atoms with van der Waals surface area (Å²) in [4.78, 5) is 2.82. The van der Waals surface area contributed by atoms with Crippen LogP contribution in [0.3, 0.4) is 0 Å². The first-order valence-corrected chi connectivity index (χ1v) is 7.38. The molecule has 1 aliphatic carbocycles. The van der Waals surface area contributed by atoms with Gasteiger partial charge in [-0.3, -0.25) is 0 Å². The molecule has 3 atom stereocenters. The van der Waals surface area contributed by atoms with Gasteiger partial charge in [0.15, 0.2) is 0 Å². The van der Waals surface area contributed by atoms with E-state index in [0.717, 1.165) is 17.9 Å². The van der Waals surface area contributed by atoms with Crippen LogP contribution in [0.15, 0.2) is 0 Å². The summed E-state index contributed by atoms with van der Waals surface area (Å²) in [7, 11) is 0. The van der Waals surface area contributed by atoms with Crippen LogP contribution >= 0.6 is 0 Å². The van der Waals surface area contributed by atoms with E-state index in [0.29, 0.717) is 0 Å². The molecule has 0 radical (unpaired) electrons. The Morgan fingerprint density at radius 3 is 2.88 bits per heavy atom. The summed E-state index contributed by atoms with van der Waals surface area (Å²) in [5.74, 6) is 2.04. The van der Waals surface area contributed by atoms with Crippen molar-refractivity contribution in [1.82, 2.24) is 10.2 Å². The lowest BCUT2D eigenvalue weighted by Crippen LogP contribution is -2.36. The second-order valence-corrected chi connectivity index (χ2v) is 6.08. The van der Waals surface area contributed by atoms with Crippen LogP contribution in [-0.2, 0) is 0 Å². The lowest BCUT2D eigenvalue weighted by molar-refractivity contribution is 0.174. The molecule has 2 heteroatoms. The molecule has 0 aromatic rings. The molecule has 0 spiro atoms. The zero-order chi connectivity index (χ0) is 10.8. The molecule has 0 aromatic carbocycles. The smallest absolute Gasteiger partial charge is 0.0124 e. The van der Waals surface area contributed by atoms with E-state index in [4.69, 9.17) is 0 Å². The molecule has 3 unspecified atom stereocenters. The van der Waals surface area contributed by atoms with E-state index in [-0.39, 0.29) is 0 Å². The predicted molar refractivity (Wildman–Crippen MR) is 67.5 cm³/mol. The van der Waals surface area contributed by atoms with E-state index in [2.05, 4.69) is 10.2 Å². The number of nitrogens with zero attached hydrogens (tertiary/aromatic N) is 1. The van der Waals surface area contributed by atoms with Crippen LogP contribution in [0.25, 0.3) is 0 Å². The predicted octanol–water partition coefficient (Wildman–Crippen LogP) is 2.25. The second kappa shape index (κ2) is 5.05. The van der Waals surface area contributed by atoms with Crippen LogP contribution < -0.4 is 5.32 Å². The van der Waals surface area contributed by atoms with Crippen molar-refractivity contribution in [3.8, 4) is 0 Å². The Morgan fingerprint density at radius 1 is 1.06 bits per heavy atom. The fourth-order valence-corrected chi connectivity index (χ4v) is 4.09. The van der Waals surface area contributed by atoms with Crippen LogP contribution in [0.4, 0.5) is 0 Å². The van der Waals surface area contributed by atoms with Crippen LogP contribution in [0.2, 0.25) is 0 Å². The summed E-state index contributed by atoms with van der Waals surface area (Å²) in [5, 5.41) is 3.49. The molecular formula is C14H26N2. The van der Waals surface area contributed by atoms with Crippen molar-refractivity contribution in [2.75, 3.05) is 26.2 Å². The van der Waals surface area contributed by atoms with Gasteiger partial charge in [-0.1, -0.05) is 12.8 Å².